The van der Waals surface area contributed by atoms with Crippen molar-refractivity contribution in [3.63, 3.8) is 0 Å². The Bertz CT molecular complexity index is 1220. The number of aliphatic imine (C=N–C) groups is 1. The number of hydrogen-bond acceptors (Lipinski definition) is 3. The average molecular weight is 351 g/mol. The lowest BCUT2D eigenvalue weighted by atomic mass is 10.0. The van der Waals surface area contributed by atoms with Gasteiger partial charge in [0.1, 0.15) is 0 Å². The van der Waals surface area contributed by atoms with E-state index in [0.717, 1.165) is 47.1 Å². The van der Waals surface area contributed by atoms with E-state index in [1.54, 1.807) is 0 Å². The van der Waals surface area contributed by atoms with Crippen molar-refractivity contribution in [2.45, 2.75) is 33.1 Å². The molecule has 2 aromatic heterocycles. The smallest absolute Gasteiger partial charge is 0.0758 e. The zero-order valence-electron chi connectivity index (χ0n) is 15.7. The van der Waals surface area contributed by atoms with Crippen LogP contribution in [0.25, 0.3) is 21.8 Å². The summed E-state index contributed by atoms with van der Waals surface area (Å²) in [6, 6.07) is 17.1. The van der Waals surface area contributed by atoms with E-state index < -0.39 is 0 Å². The van der Waals surface area contributed by atoms with E-state index in [2.05, 4.69) is 61.3 Å². The Hall–Kier alpha value is -3.07. The molecule has 0 N–H and O–H groups in total. The van der Waals surface area contributed by atoms with Gasteiger partial charge in [0.25, 0.3) is 0 Å². The molecule has 1 aliphatic rings. The summed E-state index contributed by atoms with van der Waals surface area (Å²) in [5.74, 6) is 0. The highest BCUT2D eigenvalue weighted by Gasteiger charge is 2.17. The van der Waals surface area contributed by atoms with Crippen LogP contribution in [0, 0.1) is 13.8 Å². The molecule has 0 aliphatic carbocycles. The third-order valence-corrected chi connectivity index (χ3v) is 5.51. The van der Waals surface area contributed by atoms with Crippen molar-refractivity contribution < 1.29 is 0 Å². The van der Waals surface area contributed by atoms with Crippen molar-refractivity contribution in [2.24, 2.45) is 4.99 Å². The van der Waals surface area contributed by atoms with Gasteiger partial charge in [-0.1, -0.05) is 24.3 Å². The van der Waals surface area contributed by atoms with Gasteiger partial charge in [-0.25, -0.2) is 0 Å². The Balaban J connectivity index is 1.41. The molecule has 27 heavy (non-hydrogen) atoms. The summed E-state index contributed by atoms with van der Waals surface area (Å²) in [7, 11) is 0. The first-order chi connectivity index (χ1) is 13.2. The van der Waals surface area contributed by atoms with Crippen molar-refractivity contribution in [2.75, 3.05) is 0 Å². The summed E-state index contributed by atoms with van der Waals surface area (Å²) in [5.41, 5.74) is 9.46. The first-order valence-corrected chi connectivity index (χ1v) is 9.48. The molecule has 0 unspecified atom stereocenters. The van der Waals surface area contributed by atoms with Gasteiger partial charge in [-0.2, -0.15) is 0 Å². The molecule has 2 aromatic carbocycles. The molecule has 0 fully saturated rings. The Kier molecular flexibility index (Phi) is 3.75. The van der Waals surface area contributed by atoms with E-state index in [4.69, 9.17) is 9.98 Å². The molecule has 0 bridgehead atoms. The molecule has 132 valence electrons. The van der Waals surface area contributed by atoms with E-state index in [1.165, 1.54) is 27.8 Å². The van der Waals surface area contributed by atoms with Gasteiger partial charge < -0.3 is 0 Å². The number of hydrogen-bond donors (Lipinski definition) is 0. The maximum Gasteiger partial charge on any atom is 0.0758 e. The second kappa shape index (κ2) is 6.27. The lowest BCUT2D eigenvalue weighted by Gasteiger charge is -2.07. The molecule has 0 spiro atoms. The zero-order chi connectivity index (χ0) is 18.4. The normalized spacial score (nSPS) is 13.2. The highest BCUT2D eigenvalue weighted by molar-refractivity contribution is 6.02. The Morgan fingerprint density at radius 3 is 2.67 bits per heavy atom. The molecular weight excluding hydrogens is 330 g/mol. The molecule has 3 nitrogen and oxygen atoms in total. The minimum atomic E-state index is 0.923. The lowest BCUT2D eigenvalue weighted by molar-refractivity contribution is 0.973. The van der Waals surface area contributed by atoms with Crippen LogP contribution in [0.4, 0.5) is 5.69 Å². The minimum Gasteiger partial charge on any atom is -0.256 e. The molecule has 0 saturated carbocycles. The van der Waals surface area contributed by atoms with Crippen molar-refractivity contribution >= 4 is 33.2 Å². The highest BCUT2D eigenvalue weighted by atomic mass is 14.8. The van der Waals surface area contributed by atoms with E-state index in [-0.39, 0.29) is 0 Å². The van der Waals surface area contributed by atoms with Crippen LogP contribution in [-0.4, -0.2) is 15.7 Å². The number of aromatic nitrogens is 2. The second-order valence-corrected chi connectivity index (χ2v) is 7.40. The number of benzene rings is 2. The maximum atomic E-state index is 4.94. The summed E-state index contributed by atoms with van der Waals surface area (Å²) >= 11 is 0. The molecule has 5 rings (SSSR count). The molecule has 0 amide bonds. The van der Waals surface area contributed by atoms with Gasteiger partial charge in [0.05, 0.1) is 16.7 Å². The number of pyridine rings is 2. The third kappa shape index (κ3) is 2.80. The summed E-state index contributed by atoms with van der Waals surface area (Å²) < 4.78 is 0. The van der Waals surface area contributed by atoms with Crippen LogP contribution in [0.2, 0.25) is 0 Å². The predicted octanol–water partition coefficient (Wildman–Crippen LogP) is 5.66. The standard InChI is InChI=1S/C24H21N3/c1-15-5-6-16(2)23-20(15)11-10-18(26-23)8-9-19-14-17-7-12-22-21(24(17)27-19)4-3-13-25-22/h3-7,10-13H,8-9,14H2,1-2H3. The molecule has 1 aliphatic heterocycles. The highest BCUT2D eigenvalue weighted by Crippen LogP contribution is 2.34. The number of aryl methyl sites for hydroxylation is 3. The van der Waals surface area contributed by atoms with Crippen LogP contribution in [0.5, 0.6) is 0 Å². The van der Waals surface area contributed by atoms with Crippen molar-refractivity contribution in [1.82, 2.24) is 9.97 Å². The fraction of sp³-hybridized carbons (Fsp3) is 0.208. The number of nitrogens with zero attached hydrogens (tertiary/aromatic N) is 3. The quantitative estimate of drug-likeness (QED) is 0.477. The fourth-order valence-electron chi connectivity index (χ4n) is 3.97. The number of fused-ring (bicyclic) bond motifs is 4. The van der Waals surface area contributed by atoms with Gasteiger partial charge in [-0.05, 0) is 67.6 Å². The maximum absolute atomic E-state index is 4.94. The summed E-state index contributed by atoms with van der Waals surface area (Å²) in [6.45, 7) is 4.28. The second-order valence-electron chi connectivity index (χ2n) is 7.40. The van der Waals surface area contributed by atoms with Gasteiger partial charge in [-0.15, -0.1) is 0 Å². The molecule has 0 saturated heterocycles. The van der Waals surface area contributed by atoms with E-state index in [0.29, 0.717) is 0 Å². The van der Waals surface area contributed by atoms with Crippen molar-refractivity contribution in [3.05, 3.63) is 77.1 Å². The van der Waals surface area contributed by atoms with Gasteiger partial charge in [0, 0.05) is 34.8 Å². The van der Waals surface area contributed by atoms with E-state index in [9.17, 15) is 0 Å². The third-order valence-electron chi connectivity index (χ3n) is 5.51. The minimum absolute atomic E-state index is 0.923. The number of rotatable bonds is 3. The van der Waals surface area contributed by atoms with Crippen LogP contribution >= 0.6 is 0 Å². The van der Waals surface area contributed by atoms with Crippen molar-refractivity contribution in [1.29, 1.82) is 0 Å². The zero-order valence-corrected chi connectivity index (χ0v) is 15.7. The first kappa shape index (κ1) is 16.1. The van der Waals surface area contributed by atoms with Crippen LogP contribution in [-0.2, 0) is 12.8 Å². The van der Waals surface area contributed by atoms with Gasteiger partial charge in [-0.3, -0.25) is 15.0 Å². The van der Waals surface area contributed by atoms with Crippen molar-refractivity contribution in [3.8, 4) is 0 Å². The molecule has 3 heteroatoms. The van der Waals surface area contributed by atoms with Gasteiger partial charge in [0.15, 0.2) is 0 Å². The summed E-state index contributed by atoms with van der Waals surface area (Å²) in [4.78, 5) is 14.3. The fourth-order valence-corrected chi connectivity index (χ4v) is 3.97. The largest absolute Gasteiger partial charge is 0.256 e. The Morgan fingerprint density at radius 1 is 0.852 bits per heavy atom. The van der Waals surface area contributed by atoms with E-state index >= 15 is 0 Å². The topological polar surface area (TPSA) is 38.1 Å². The molecule has 3 heterocycles. The van der Waals surface area contributed by atoms with Crippen LogP contribution in [0.15, 0.2) is 59.7 Å². The monoisotopic (exact) mass is 351 g/mol. The van der Waals surface area contributed by atoms with Crippen LogP contribution < -0.4 is 0 Å². The Labute approximate surface area is 158 Å². The molecule has 0 radical (unpaired) electrons. The molecule has 0 atom stereocenters. The summed E-state index contributed by atoms with van der Waals surface area (Å²) in [5, 5.41) is 2.41. The van der Waals surface area contributed by atoms with Crippen LogP contribution in [0.3, 0.4) is 0 Å². The lowest BCUT2D eigenvalue weighted by Crippen LogP contribution is -2.02. The SMILES string of the molecule is Cc1ccc(C)c2nc(CCC3=Nc4c(ccc5ncccc45)C3)ccc12. The molecular formula is C24H21N3. The first-order valence-electron chi connectivity index (χ1n) is 9.48. The van der Waals surface area contributed by atoms with Gasteiger partial charge in [0.2, 0.25) is 0 Å². The van der Waals surface area contributed by atoms with E-state index in [1.807, 2.05) is 12.3 Å². The predicted molar refractivity (Wildman–Crippen MR) is 112 cm³/mol. The summed E-state index contributed by atoms with van der Waals surface area (Å²) in [6.07, 6.45) is 4.64. The average Bonchev–Trinajstić information content (AvgIpc) is 3.13. The molecule has 4 aromatic rings. The van der Waals surface area contributed by atoms with Crippen LogP contribution in [0.1, 0.15) is 28.8 Å². The Morgan fingerprint density at radius 2 is 1.74 bits per heavy atom. The van der Waals surface area contributed by atoms with Gasteiger partial charge >= 0.3 is 0 Å².